The van der Waals surface area contributed by atoms with Crippen molar-refractivity contribution in [1.29, 1.82) is 0 Å². The molecule has 2 fully saturated rings. The van der Waals surface area contributed by atoms with Gasteiger partial charge in [0.15, 0.2) is 0 Å². The van der Waals surface area contributed by atoms with Crippen LogP contribution in [0.4, 0.5) is 23.2 Å². The van der Waals surface area contributed by atoms with E-state index in [4.69, 9.17) is 0 Å². The zero-order chi connectivity index (χ0) is 25.2. The third-order valence-corrected chi connectivity index (χ3v) is 6.77. The van der Waals surface area contributed by atoms with E-state index in [0.29, 0.717) is 29.7 Å². The Morgan fingerprint density at radius 3 is 2.69 bits per heavy atom. The second kappa shape index (κ2) is 10.4. The Morgan fingerprint density at radius 1 is 1.26 bits per heavy atom. The first-order valence-corrected chi connectivity index (χ1v) is 11.9. The predicted molar refractivity (Wildman–Crippen MR) is 131 cm³/mol. The van der Waals surface area contributed by atoms with Crippen molar-refractivity contribution < 1.29 is 22.4 Å². The standard InChI is InChI=1S/C26H30F4N4O/c1-16(26(28,29)30)24-19-9-4-10-22(33-23-11-13-34(2)15-21(23)27)20(19)14-18(32-24)8-5-12-31-25(35)17-6-3-7-17/h4-5,8-10,14,17,21,23,33H,1,3,6-7,11-13,15H2,2H3,(H,31,35)/b8-5+/t21-,23+/m0/s1. The third-order valence-electron chi connectivity index (χ3n) is 6.77. The average molecular weight is 491 g/mol. The van der Waals surface area contributed by atoms with E-state index in [1.54, 1.807) is 36.4 Å². The molecule has 0 unspecified atom stereocenters. The minimum absolute atomic E-state index is 0.0103. The number of rotatable bonds is 7. The van der Waals surface area contributed by atoms with Crippen molar-refractivity contribution in [3.8, 4) is 0 Å². The van der Waals surface area contributed by atoms with Gasteiger partial charge < -0.3 is 15.5 Å². The van der Waals surface area contributed by atoms with Crippen LogP contribution in [0.15, 0.2) is 36.9 Å². The van der Waals surface area contributed by atoms with Gasteiger partial charge in [-0.25, -0.2) is 9.37 Å². The summed E-state index contributed by atoms with van der Waals surface area (Å²) < 4.78 is 55.4. The van der Waals surface area contributed by atoms with E-state index in [2.05, 4.69) is 22.2 Å². The van der Waals surface area contributed by atoms with Gasteiger partial charge in [-0.2, -0.15) is 13.2 Å². The first-order chi connectivity index (χ1) is 16.6. The van der Waals surface area contributed by atoms with Crippen LogP contribution in [-0.4, -0.2) is 60.9 Å². The molecule has 1 aliphatic heterocycles. The van der Waals surface area contributed by atoms with Gasteiger partial charge in [-0.15, -0.1) is 0 Å². The summed E-state index contributed by atoms with van der Waals surface area (Å²) in [4.78, 5) is 18.1. The zero-order valence-corrected chi connectivity index (χ0v) is 19.7. The molecule has 2 aliphatic rings. The van der Waals surface area contributed by atoms with Crippen LogP contribution in [0, 0.1) is 5.92 Å². The summed E-state index contributed by atoms with van der Waals surface area (Å²) >= 11 is 0. The van der Waals surface area contributed by atoms with E-state index in [0.717, 1.165) is 25.8 Å². The van der Waals surface area contributed by atoms with Gasteiger partial charge in [-0.05, 0) is 44.5 Å². The van der Waals surface area contributed by atoms with Crippen LogP contribution in [0.25, 0.3) is 22.4 Å². The number of nitrogens with one attached hydrogen (secondary N) is 2. The first-order valence-electron chi connectivity index (χ1n) is 11.9. The molecule has 2 atom stereocenters. The number of benzene rings is 1. The van der Waals surface area contributed by atoms with Crippen molar-refractivity contribution in [2.24, 2.45) is 5.92 Å². The van der Waals surface area contributed by atoms with Gasteiger partial charge in [-0.3, -0.25) is 4.79 Å². The molecule has 188 valence electrons. The molecule has 0 bridgehead atoms. The third kappa shape index (κ3) is 5.83. The second-order valence-corrected chi connectivity index (χ2v) is 9.37. The van der Waals surface area contributed by atoms with Crippen molar-refractivity contribution in [2.75, 3.05) is 32.0 Å². The molecule has 9 heteroatoms. The van der Waals surface area contributed by atoms with Crippen LogP contribution >= 0.6 is 0 Å². The maximum atomic E-state index is 14.7. The summed E-state index contributed by atoms with van der Waals surface area (Å²) in [7, 11) is 1.86. The summed E-state index contributed by atoms with van der Waals surface area (Å²) in [6.07, 6.45) is 0.893. The van der Waals surface area contributed by atoms with E-state index in [1.807, 2.05) is 11.9 Å². The van der Waals surface area contributed by atoms with Crippen LogP contribution in [0.1, 0.15) is 37.1 Å². The maximum absolute atomic E-state index is 14.7. The molecule has 2 heterocycles. The number of carbonyl (C=O) groups is 1. The van der Waals surface area contributed by atoms with Gasteiger partial charge in [0.1, 0.15) is 6.17 Å². The van der Waals surface area contributed by atoms with Crippen molar-refractivity contribution in [2.45, 2.75) is 44.1 Å². The highest BCUT2D eigenvalue weighted by Gasteiger charge is 2.35. The smallest absolute Gasteiger partial charge is 0.379 e. The highest BCUT2D eigenvalue weighted by molar-refractivity contribution is 6.00. The molecule has 1 saturated carbocycles. The molecule has 5 nitrogen and oxygen atoms in total. The number of aromatic nitrogens is 1. The quantitative estimate of drug-likeness (QED) is 0.525. The number of carbonyl (C=O) groups excluding carboxylic acids is 1. The number of likely N-dealkylation sites (tertiary alicyclic amines) is 1. The molecule has 1 aromatic carbocycles. The van der Waals surface area contributed by atoms with Crippen LogP contribution in [-0.2, 0) is 4.79 Å². The normalized spacial score (nSPS) is 21.7. The molecule has 2 N–H and O–H groups in total. The summed E-state index contributed by atoms with van der Waals surface area (Å²) in [5, 5.41) is 6.83. The Balaban J connectivity index is 1.64. The lowest BCUT2D eigenvalue weighted by Gasteiger charge is -2.33. The second-order valence-electron chi connectivity index (χ2n) is 9.37. The lowest BCUT2D eigenvalue weighted by Crippen LogP contribution is -2.46. The van der Waals surface area contributed by atoms with Gasteiger partial charge in [0, 0.05) is 42.0 Å². The zero-order valence-electron chi connectivity index (χ0n) is 19.7. The average Bonchev–Trinajstić information content (AvgIpc) is 2.76. The first kappa shape index (κ1) is 25.2. The summed E-state index contributed by atoms with van der Waals surface area (Å²) in [5.74, 6) is 0.0420. The van der Waals surface area contributed by atoms with Crippen molar-refractivity contribution in [1.82, 2.24) is 15.2 Å². The number of allylic oxidation sites excluding steroid dienone is 1. The largest absolute Gasteiger partial charge is 0.417 e. The van der Waals surface area contributed by atoms with Crippen molar-refractivity contribution in [3.05, 3.63) is 48.3 Å². The maximum Gasteiger partial charge on any atom is 0.417 e. The van der Waals surface area contributed by atoms with E-state index in [-0.39, 0.29) is 29.4 Å². The number of hydrogen-bond donors (Lipinski definition) is 2. The lowest BCUT2D eigenvalue weighted by atomic mass is 9.85. The molecule has 1 aromatic heterocycles. The molecular weight excluding hydrogens is 460 g/mol. The fraction of sp³-hybridized carbons (Fsp3) is 0.462. The Morgan fingerprint density at radius 2 is 2.03 bits per heavy atom. The Kier molecular flexibility index (Phi) is 7.44. The highest BCUT2D eigenvalue weighted by atomic mass is 19.4. The van der Waals surface area contributed by atoms with Crippen LogP contribution < -0.4 is 10.6 Å². The summed E-state index contributed by atoms with van der Waals surface area (Å²) in [5.41, 5.74) is -0.468. The van der Waals surface area contributed by atoms with E-state index in [9.17, 15) is 22.4 Å². The minimum Gasteiger partial charge on any atom is -0.379 e. The monoisotopic (exact) mass is 490 g/mol. The molecule has 1 aliphatic carbocycles. The Bertz CT molecular complexity index is 1130. The number of piperidine rings is 1. The van der Waals surface area contributed by atoms with E-state index in [1.165, 1.54) is 0 Å². The van der Waals surface area contributed by atoms with Gasteiger partial charge in [0.05, 0.1) is 23.0 Å². The number of hydrogen-bond acceptors (Lipinski definition) is 4. The Labute approximate surface area is 202 Å². The minimum atomic E-state index is -4.65. The van der Waals surface area contributed by atoms with Gasteiger partial charge >= 0.3 is 6.18 Å². The molecule has 4 rings (SSSR count). The van der Waals surface area contributed by atoms with Crippen LogP contribution in [0.2, 0.25) is 0 Å². The number of halogens is 4. The number of amides is 1. The van der Waals surface area contributed by atoms with Crippen molar-refractivity contribution in [3.63, 3.8) is 0 Å². The summed E-state index contributed by atoms with van der Waals surface area (Å²) in [6.45, 7) is 4.52. The number of nitrogens with zero attached hydrogens (tertiary/aromatic N) is 2. The number of anilines is 1. The SMILES string of the molecule is C=C(c1nc(/C=C/CNC(=O)C2CCC2)cc2c(N[C@@H]3CCN(C)C[C@@H]3F)cccc12)C(F)(F)F. The van der Waals surface area contributed by atoms with Gasteiger partial charge in [0.25, 0.3) is 0 Å². The topological polar surface area (TPSA) is 57.3 Å². The predicted octanol–water partition coefficient (Wildman–Crippen LogP) is 5.19. The van der Waals surface area contributed by atoms with Gasteiger partial charge in [0.2, 0.25) is 5.91 Å². The fourth-order valence-corrected chi connectivity index (χ4v) is 4.45. The molecule has 2 aromatic rings. The number of alkyl halides is 4. The van der Waals surface area contributed by atoms with Gasteiger partial charge in [-0.1, -0.05) is 31.2 Å². The van der Waals surface area contributed by atoms with Crippen molar-refractivity contribution >= 4 is 34.0 Å². The van der Waals surface area contributed by atoms with E-state index < -0.39 is 24.0 Å². The van der Waals surface area contributed by atoms with Crippen LogP contribution in [0.5, 0.6) is 0 Å². The molecule has 1 amide bonds. The molecular formula is C26H30F4N4O. The molecule has 0 spiro atoms. The molecule has 1 saturated heterocycles. The fourth-order valence-electron chi connectivity index (χ4n) is 4.45. The number of fused-ring (bicyclic) bond motifs is 1. The highest BCUT2D eigenvalue weighted by Crippen LogP contribution is 2.37. The summed E-state index contributed by atoms with van der Waals surface area (Å²) in [6, 6.07) is 6.16. The molecule has 0 radical (unpaired) electrons. The lowest BCUT2D eigenvalue weighted by molar-refractivity contribution is -0.127. The van der Waals surface area contributed by atoms with E-state index >= 15 is 0 Å². The Hall–Kier alpha value is -2.94. The van der Waals surface area contributed by atoms with Crippen LogP contribution in [0.3, 0.4) is 0 Å². The number of pyridine rings is 1. The molecule has 35 heavy (non-hydrogen) atoms.